The molecule has 0 amide bonds. The van der Waals surface area contributed by atoms with Crippen LogP contribution in [0, 0.1) is 5.92 Å². The average Bonchev–Trinajstić information content (AvgIpc) is 3.01. The van der Waals surface area contributed by atoms with Crippen LogP contribution in [0.15, 0.2) is 12.7 Å². The second-order valence-electron chi connectivity index (χ2n) is 6.13. The maximum atomic E-state index is 4.21. The Bertz CT molecular complexity index is 573. The van der Waals surface area contributed by atoms with Crippen LogP contribution in [-0.2, 0) is 13.1 Å². The molecule has 3 heterocycles. The Kier molecular flexibility index (Phi) is 3.38. The predicted octanol–water partition coefficient (Wildman–Crippen LogP) is 0.512. The van der Waals surface area contributed by atoms with Crippen molar-refractivity contribution < 1.29 is 0 Å². The first-order valence-corrected chi connectivity index (χ1v) is 7.70. The fraction of sp³-hybridized carbons (Fsp3) is 0.769. The van der Waals surface area contributed by atoms with E-state index < -0.39 is 0 Å². The molecule has 8 heteroatoms. The highest BCUT2D eigenvalue weighted by atomic mass is 15.6. The molecule has 4 rings (SSSR count). The summed E-state index contributed by atoms with van der Waals surface area (Å²) in [6.45, 7) is 4.02. The van der Waals surface area contributed by atoms with Gasteiger partial charge in [-0.1, -0.05) is 0 Å². The third-order valence-electron chi connectivity index (χ3n) is 4.33. The molecule has 2 aliphatic rings. The van der Waals surface area contributed by atoms with Gasteiger partial charge in [-0.25, -0.2) is 9.67 Å². The summed E-state index contributed by atoms with van der Waals surface area (Å²) in [6, 6.07) is 0.547. The van der Waals surface area contributed by atoms with Crippen molar-refractivity contribution in [3.8, 4) is 0 Å². The highest BCUT2D eigenvalue weighted by Crippen LogP contribution is 2.34. The van der Waals surface area contributed by atoms with Crippen molar-refractivity contribution in [1.82, 2.24) is 39.9 Å². The lowest BCUT2D eigenvalue weighted by Gasteiger charge is -2.32. The molecule has 1 aliphatic heterocycles. The first-order valence-electron chi connectivity index (χ1n) is 7.70. The topological polar surface area (TPSA) is 77.5 Å². The van der Waals surface area contributed by atoms with Crippen LogP contribution in [0.25, 0.3) is 0 Å². The van der Waals surface area contributed by atoms with Crippen LogP contribution in [0.1, 0.15) is 37.5 Å². The summed E-state index contributed by atoms with van der Waals surface area (Å²) < 4.78 is 3.95. The first kappa shape index (κ1) is 12.9. The molecule has 0 spiro atoms. The molecule has 112 valence electrons. The van der Waals surface area contributed by atoms with Crippen molar-refractivity contribution >= 4 is 0 Å². The molecule has 2 aromatic heterocycles. The minimum Gasteiger partial charge on any atom is -0.296 e. The molecule has 1 aliphatic carbocycles. The van der Waals surface area contributed by atoms with Gasteiger partial charge in [0.1, 0.15) is 12.7 Å². The van der Waals surface area contributed by atoms with E-state index >= 15 is 0 Å². The molecular formula is C13H20N8. The van der Waals surface area contributed by atoms with Crippen molar-refractivity contribution in [2.24, 2.45) is 5.92 Å². The van der Waals surface area contributed by atoms with Gasteiger partial charge in [0.25, 0.3) is 0 Å². The lowest BCUT2D eigenvalue weighted by atomic mass is 9.98. The van der Waals surface area contributed by atoms with Gasteiger partial charge in [0.05, 0.1) is 12.6 Å². The minimum absolute atomic E-state index is 0.547. The van der Waals surface area contributed by atoms with Crippen LogP contribution in [0.3, 0.4) is 0 Å². The van der Waals surface area contributed by atoms with Gasteiger partial charge < -0.3 is 0 Å². The van der Waals surface area contributed by atoms with Crippen LogP contribution in [0.5, 0.6) is 0 Å². The van der Waals surface area contributed by atoms with E-state index in [4.69, 9.17) is 0 Å². The van der Waals surface area contributed by atoms with Crippen molar-refractivity contribution in [3.05, 3.63) is 18.5 Å². The quantitative estimate of drug-likeness (QED) is 0.798. The molecule has 0 aromatic carbocycles. The van der Waals surface area contributed by atoms with Gasteiger partial charge in [0.2, 0.25) is 0 Å². The number of rotatable bonds is 5. The van der Waals surface area contributed by atoms with Crippen LogP contribution in [0.4, 0.5) is 0 Å². The Hall–Kier alpha value is -1.83. The van der Waals surface area contributed by atoms with E-state index in [1.165, 1.54) is 25.7 Å². The van der Waals surface area contributed by atoms with E-state index in [1.54, 1.807) is 12.7 Å². The van der Waals surface area contributed by atoms with Crippen LogP contribution in [0.2, 0.25) is 0 Å². The number of tetrazole rings is 1. The SMILES string of the molecule is c1ncn(CC2CCCN(Cc3nnnn3C3CC3)C2)n1. The Morgan fingerprint density at radius 3 is 3.00 bits per heavy atom. The Morgan fingerprint density at radius 2 is 2.19 bits per heavy atom. The van der Waals surface area contributed by atoms with E-state index in [0.717, 1.165) is 32.0 Å². The molecule has 21 heavy (non-hydrogen) atoms. The molecule has 1 saturated heterocycles. The number of aromatic nitrogens is 7. The minimum atomic E-state index is 0.547. The summed E-state index contributed by atoms with van der Waals surface area (Å²) in [7, 11) is 0. The average molecular weight is 288 g/mol. The summed E-state index contributed by atoms with van der Waals surface area (Å²) in [5.41, 5.74) is 0. The highest BCUT2D eigenvalue weighted by molar-refractivity contribution is 4.91. The lowest BCUT2D eigenvalue weighted by Crippen LogP contribution is -2.37. The maximum absolute atomic E-state index is 4.21. The van der Waals surface area contributed by atoms with Gasteiger partial charge in [-0.05, 0) is 48.6 Å². The maximum Gasteiger partial charge on any atom is 0.165 e. The fourth-order valence-electron chi connectivity index (χ4n) is 3.15. The third kappa shape index (κ3) is 2.94. The van der Waals surface area contributed by atoms with Crippen LogP contribution >= 0.6 is 0 Å². The summed E-state index contributed by atoms with van der Waals surface area (Å²) in [5, 5.41) is 16.4. The Morgan fingerprint density at radius 1 is 1.24 bits per heavy atom. The van der Waals surface area contributed by atoms with Gasteiger partial charge in [0.15, 0.2) is 5.82 Å². The Balaban J connectivity index is 1.37. The van der Waals surface area contributed by atoms with Crippen LogP contribution in [-0.4, -0.2) is 53.0 Å². The van der Waals surface area contributed by atoms with Crippen LogP contribution < -0.4 is 0 Å². The fourth-order valence-corrected chi connectivity index (χ4v) is 3.15. The van der Waals surface area contributed by atoms with Gasteiger partial charge in [-0.2, -0.15) is 5.10 Å². The molecule has 2 aromatic rings. The van der Waals surface area contributed by atoms with Crippen molar-refractivity contribution in [2.45, 2.75) is 44.8 Å². The van der Waals surface area contributed by atoms with Gasteiger partial charge in [-0.15, -0.1) is 5.10 Å². The second-order valence-corrected chi connectivity index (χ2v) is 6.13. The van der Waals surface area contributed by atoms with E-state index in [0.29, 0.717) is 12.0 Å². The summed E-state index contributed by atoms with van der Waals surface area (Å²) in [6.07, 6.45) is 8.31. The first-order chi connectivity index (χ1) is 10.4. The van der Waals surface area contributed by atoms with Gasteiger partial charge in [0, 0.05) is 13.1 Å². The predicted molar refractivity (Wildman–Crippen MR) is 74.1 cm³/mol. The highest BCUT2D eigenvalue weighted by Gasteiger charge is 2.29. The molecule has 1 saturated carbocycles. The molecule has 1 atom stereocenters. The summed E-state index contributed by atoms with van der Waals surface area (Å²) in [5.74, 6) is 1.64. The van der Waals surface area contributed by atoms with E-state index in [1.807, 2.05) is 9.36 Å². The summed E-state index contributed by atoms with van der Waals surface area (Å²) >= 11 is 0. The lowest BCUT2D eigenvalue weighted by molar-refractivity contribution is 0.148. The van der Waals surface area contributed by atoms with E-state index in [9.17, 15) is 0 Å². The molecule has 0 radical (unpaired) electrons. The molecule has 0 bridgehead atoms. The molecule has 1 unspecified atom stereocenters. The van der Waals surface area contributed by atoms with Crippen molar-refractivity contribution in [2.75, 3.05) is 13.1 Å². The smallest absolute Gasteiger partial charge is 0.165 e. The Labute approximate surface area is 123 Å². The molecular weight excluding hydrogens is 268 g/mol. The molecule has 8 nitrogen and oxygen atoms in total. The monoisotopic (exact) mass is 288 g/mol. The molecule has 2 fully saturated rings. The number of hydrogen-bond acceptors (Lipinski definition) is 6. The zero-order valence-electron chi connectivity index (χ0n) is 12.0. The van der Waals surface area contributed by atoms with E-state index in [2.05, 4.69) is 30.5 Å². The summed E-state index contributed by atoms with van der Waals surface area (Å²) in [4.78, 5) is 6.48. The second kappa shape index (κ2) is 5.51. The molecule has 0 N–H and O–H groups in total. The van der Waals surface area contributed by atoms with Gasteiger partial charge >= 0.3 is 0 Å². The van der Waals surface area contributed by atoms with Crippen molar-refractivity contribution in [1.29, 1.82) is 0 Å². The third-order valence-corrected chi connectivity index (χ3v) is 4.33. The van der Waals surface area contributed by atoms with Gasteiger partial charge in [-0.3, -0.25) is 9.58 Å². The zero-order chi connectivity index (χ0) is 14.1. The number of likely N-dealkylation sites (tertiary alicyclic amines) is 1. The standard InChI is InChI=1S/C13H20N8/c1-2-11(7-20-10-14-9-15-20)6-19(5-1)8-13-16-17-18-21(13)12-3-4-12/h9-12H,1-8H2. The number of nitrogens with zero attached hydrogens (tertiary/aromatic N) is 8. The number of piperidine rings is 1. The van der Waals surface area contributed by atoms with E-state index in [-0.39, 0.29) is 0 Å². The normalized spacial score (nSPS) is 23.5. The zero-order valence-corrected chi connectivity index (χ0v) is 12.0. The largest absolute Gasteiger partial charge is 0.296 e. The number of hydrogen-bond donors (Lipinski definition) is 0. The van der Waals surface area contributed by atoms with Crippen molar-refractivity contribution in [3.63, 3.8) is 0 Å².